The molecule has 0 bridgehead atoms. The topological polar surface area (TPSA) is 20.3 Å². The Morgan fingerprint density at radius 1 is 1.17 bits per heavy atom. The SMILES string of the molecule is CN1/C(=C\C(=O)CSc2ccccc2Cl)C(C)(C)c2ccccc21. The second-order valence-corrected chi connectivity index (χ2v) is 7.84. The molecule has 1 aliphatic rings. The number of fused-ring (bicyclic) bond motifs is 1. The lowest BCUT2D eigenvalue weighted by Gasteiger charge is -2.23. The van der Waals surface area contributed by atoms with E-state index in [1.807, 2.05) is 43.4 Å². The summed E-state index contributed by atoms with van der Waals surface area (Å²) in [4.78, 5) is 15.6. The summed E-state index contributed by atoms with van der Waals surface area (Å²) in [6.07, 6.45) is 1.78. The molecule has 0 N–H and O–H groups in total. The number of anilines is 1. The number of rotatable bonds is 4. The Kier molecular flexibility index (Phi) is 4.75. The van der Waals surface area contributed by atoms with Crippen molar-refractivity contribution in [3.8, 4) is 0 Å². The van der Waals surface area contributed by atoms with Crippen LogP contribution >= 0.6 is 23.4 Å². The molecule has 1 aliphatic heterocycles. The van der Waals surface area contributed by atoms with Gasteiger partial charge in [-0.1, -0.05) is 55.8 Å². The number of halogens is 1. The van der Waals surface area contributed by atoms with Crippen molar-refractivity contribution in [1.29, 1.82) is 0 Å². The molecular weight excluding hydrogens is 338 g/mol. The Labute approximate surface area is 152 Å². The third-order valence-electron chi connectivity index (χ3n) is 4.44. The fraction of sp³-hybridized carbons (Fsp3) is 0.250. The van der Waals surface area contributed by atoms with Gasteiger partial charge in [-0.25, -0.2) is 0 Å². The standard InChI is InChI=1S/C20H20ClNOS/c1-20(2)15-8-4-6-10-17(15)22(3)19(20)12-14(23)13-24-18-11-7-5-9-16(18)21/h4-12H,13H2,1-3H3/b19-12-. The lowest BCUT2D eigenvalue weighted by molar-refractivity contribution is -0.112. The highest BCUT2D eigenvalue weighted by Gasteiger charge is 2.38. The number of ketones is 1. The highest BCUT2D eigenvalue weighted by atomic mass is 35.5. The van der Waals surface area contributed by atoms with Crippen molar-refractivity contribution in [1.82, 2.24) is 0 Å². The zero-order valence-electron chi connectivity index (χ0n) is 14.0. The molecule has 0 fully saturated rings. The Morgan fingerprint density at radius 2 is 1.83 bits per heavy atom. The molecule has 0 spiro atoms. The molecule has 0 radical (unpaired) electrons. The molecule has 0 saturated carbocycles. The molecule has 1 heterocycles. The summed E-state index contributed by atoms with van der Waals surface area (Å²) in [6.45, 7) is 4.32. The van der Waals surface area contributed by atoms with Crippen molar-refractivity contribution in [3.05, 3.63) is 70.9 Å². The monoisotopic (exact) mass is 357 g/mol. The first-order valence-corrected chi connectivity index (χ1v) is 9.23. The molecule has 0 aliphatic carbocycles. The van der Waals surface area contributed by atoms with Crippen molar-refractivity contribution in [2.24, 2.45) is 0 Å². The minimum absolute atomic E-state index is 0.0997. The summed E-state index contributed by atoms with van der Waals surface area (Å²) in [7, 11) is 2.02. The molecule has 2 nitrogen and oxygen atoms in total. The van der Waals surface area contributed by atoms with Gasteiger partial charge in [-0.15, -0.1) is 11.8 Å². The van der Waals surface area contributed by atoms with Gasteiger partial charge in [-0.05, 0) is 23.8 Å². The average Bonchev–Trinajstić information content (AvgIpc) is 2.76. The number of hydrogen-bond acceptors (Lipinski definition) is 3. The number of hydrogen-bond donors (Lipinski definition) is 0. The first-order chi connectivity index (χ1) is 11.4. The van der Waals surface area contributed by atoms with Crippen LogP contribution in [-0.2, 0) is 10.2 Å². The lowest BCUT2D eigenvalue weighted by Crippen LogP contribution is -2.24. The molecule has 124 valence electrons. The van der Waals surface area contributed by atoms with Crippen LogP contribution in [-0.4, -0.2) is 18.6 Å². The van der Waals surface area contributed by atoms with Crippen LogP contribution in [0.15, 0.2) is 65.2 Å². The van der Waals surface area contributed by atoms with Crippen molar-refractivity contribution in [2.45, 2.75) is 24.2 Å². The number of likely N-dealkylation sites (N-methyl/N-ethyl adjacent to an activating group) is 1. The van der Waals surface area contributed by atoms with E-state index in [1.165, 1.54) is 23.0 Å². The Balaban J connectivity index is 1.79. The maximum Gasteiger partial charge on any atom is 0.167 e. The average molecular weight is 358 g/mol. The van der Waals surface area contributed by atoms with Crippen LogP contribution in [0.5, 0.6) is 0 Å². The van der Waals surface area contributed by atoms with E-state index in [0.29, 0.717) is 10.8 Å². The van der Waals surface area contributed by atoms with E-state index in [2.05, 4.69) is 30.9 Å². The van der Waals surface area contributed by atoms with Crippen molar-refractivity contribution < 1.29 is 4.79 Å². The molecule has 0 amide bonds. The first kappa shape index (κ1) is 17.1. The molecule has 0 saturated heterocycles. The van der Waals surface area contributed by atoms with Gasteiger partial charge in [0.15, 0.2) is 5.78 Å². The highest BCUT2D eigenvalue weighted by molar-refractivity contribution is 8.00. The highest BCUT2D eigenvalue weighted by Crippen LogP contribution is 2.46. The van der Waals surface area contributed by atoms with Gasteiger partial charge in [0, 0.05) is 34.8 Å². The molecule has 2 aromatic carbocycles. The predicted molar refractivity (Wildman–Crippen MR) is 103 cm³/mol. The number of benzene rings is 2. The fourth-order valence-electron chi connectivity index (χ4n) is 3.16. The van der Waals surface area contributed by atoms with Gasteiger partial charge in [0.25, 0.3) is 0 Å². The van der Waals surface area contributed by atoms with Crippen LogP contribution in [0.1, 0.15) is 19.4 Å². The van der Waals surface area contributed by atoms with E-state index in [-0.39, 0.29) is 11.2 Å². The first-order valence-electron chi connectivity index (χ1n) is 7.87. The number of para-hydroxylation sites is 1. The van der Waals surface area contributed by atoms with Crippen LogP contribution in [0.25, 0.3) is 0 Å². The maximum atomic E-state index is 12.5. The third-order valence-corrected chi connectivity index (χ3v) is 5.98. The van der Waals surface area contributed by atoms with Crippen LogP contribution in [0.4, 0.5) is 5.69 Å². The van der Waals surface area contributed by atoms with Gasteiger partial charge < -0.3 is 4.90 Å². The molecule has 2 aromatic rings. The predicted octanol–water partition coefficient (Wildman–Crippen LogP) is 5.31. The summed E-state index contributed by atoms with van der Waals surface area (Å²) in [5.41, 5.74) is 3.29. The van der Waals surface area contributed by atoms with Crippen LogP contribution in [0.2, 0.25) is 5.02 Å². The molecule has 24 heavy (non-hydrogen) atoms. The maximum absolute atomic E-state index is 12.5. The summed E-state index contributed by atoms with van der Waals surface area (Å²) in [6, 6.07) is 15.9. The second kappa shape index (κ2) is 6.66. The minimum Gasteiger partial charge on any atom is -0.347 e. The molecule has 0 unspecified atom stereocenters. The van der Waals surface area contributed by atoms with Gasteiger partial charge in [0.2, 0.25) is 0 Å². The number of thioether (sulfide) groups is 1. The lowest BCUT2D eigenvalue weighted by atomic mass is 9.83. The van der Waals surface area contributed by atoms with Gasteiger partial charge >= 0.3 is 0 Å². The van der Waals surface area contributed by atoms with Gasteiger partial charge in [0.05, 0.1) is 10.8 Å². The Hall–Kier alpha value is -1.71. The number of allylic oxidation sites excluding steroid dienone is 2. The number of nitrogens with zero attached hydrogens (tertiary/aromatic N) is 1. The summed E-state index contributed by atoms with van der Waals surface area (Å²) < 4.78 is 0. The van der Waals surface area contributed by atoms with E-state index >= 15 is 0 Å². The number of carbonyl (C=O) groups excluding carboxylic acids is 1. The van der Waals surface area contributed by atoms with Crippen molar-refractivity contribution >= 4 is 34.8 Å². The van der Waals surface area contributed by atoms with Gasteiger partial charge in [0.1, 0.15) is 0 Å². The Morgan fingerprint density at radius 3 is 2.54 bits per heavy atom. The normalized spacial score (nSPS) is 17.2. The van der Waals surface area contributed by atoms with Gasteiger partial charge in [-0.3, -0.25) is 4.79 Å². The number of carbonyl (C=O) groups is 1. The van der Waals surface area contributed by atoms with E-state index in [4.69, 9.17) is 11.6 Å². The molecule has 0 aromatic heterocycles. The molecular formula is C20H20ClNOS. The minimum atomic E-state index is -0.171. The molecule has 0 atom stereocenters. The van der Waals surface area contributed by atoms with Crippen molar-refractivity contribution in [2.75, 3.05) is 17.7 Å². The third kappa shape index (κ3) is 3.11. The van der Waals surface area contributed by atoms with Crippen LogP contribution in [0.3, 0.4) is 0 Å². The zero-order valence-corrected chi connectivity index (χ0v) is 15.6. The van der Waals surface area contributed by atoms with Crippen LogP contribution in [0, 0.1) is 0 Å². The fourth-order valence-corrected chi connectivity index (χ4v) is 4.22. The van der Waals surface area contributed by atoms with E-state index < -0.39 is 0 Å². The van der Waals surface area contributed by atoms with E-state index in [1.54, 1.807) is 6.08 Å². The second-order valence-electron chi connectivity index (χ2n) is 6.42. The van der Waals surface area contributed by atoms with Crippen LogP contribution < -0.4 is 4.90 Å². The molecule has 4 heteroatoms. The zero-order chi connectivity index (χ0) is 17.3. The quantitative estimate of drug-likeness (QED) is 0.546. The molecule has 3 rings (SSSR count). The van der Waals surface area contributed by atoms with Gasteiger partial charge in [-0.2, -0.15) is 0 Å². The van der Waals surface area contributed by atoms with E-state index in [9.17, 15) is 4.79 Å². The Bertz CT molecular complexity index is 813. The smallest absolute Gasteiger partial charge is 0.167 e. The van der Waals surface area contributed by atoms with Crippen molar-refractivity contribution in [3.63, 3.8) is 0 Å². The summed E-state index contributed by atoms with van der Waals surface area (Å²) in [5.74, 6) is 0.482. The summed E-state index contributed by atoms with van der Waals surface area (Å²) in [5, 5.41) is 0.689. The summed E-state index contributed by atoms with van der Waals surface area (Å²) >= 11 is 7.63. The van der Waals surface area contributed by atoms with E-state index in [0.717, 1.165) is 10.6 Å². The largest absolute Gasteiger partial charge is 0.347 e.